The number of anilines is 2. The molecule has 2 N–H and O–H groups in total. The van der Waals surface area contributed by atoms with Gasteiger partial charge in [0.15, 0.2) is 5.13 Å². The first-order chi connectivity index (χ1) is 12.5. The standard InChI is InChI=1S/C18H16ClN3O3S/c1-3-15(23)21-18-22-16-13(25-2)8-12(9-14(16)26-18)20-17(24)10-4-6-11(19)7-5-10/h4-9H,3H2,1-2H3,(H,20,24)(H,21,22,23). The molecular weight excluding hydrogens is 374 g/mol. The first-order valence-corrected chi connectivity index (χ1v) is 9.05. The first kappa shape index (κ1) is 18.2. The fraction of sp³-hybridized carbons (Fsp3) is 0.167. The smallest absolute Gasteiger partial charge is 0.255 e. The number of rotatable bonds is 5. The first-order valence-electron chi connectivity index (χ1n) is 7.85. The number of benzene rings is 2. The Kier molecular flexibility index (Phi) is 5.39. The van der Waals surface area contributed by atoms with Crippen molar-refractivity contribution in [3.8, 4) is 5.75 Å². The van der Waals surface area contributed by atoms with E-state index in [1.165, 1.54) is 18.4 Å². The van der Waals surface area contributed by atoms with E-state index >= 15 is 0 Å². The van der Waals surface area contributed by atoms with Crippen LogP contribution >= 0.6 is 22.9 Å². The van der Waals surface area contributed by atoms with Crippen molar-refractivity contribution in [3.63, 3.8) is 0 Å². The second-order valence-electron chi connectivity index (χ2n) is 5.41. The third-order valence-corrected chi connectivity index (χ3v) is 4.78. The number of amides is 2. The van der Waals surface area contributed by atoms with Crippen molar-refractivity contribution in [3.05, 3.63) is 47.0 Å². The van der Waals surface area contributed by atoms with Gasteiger partial charge in [-0.3, -0.25) is 9.59 Å². The number of carbonyl (C=O) groups is 2. The molecule has 0 aliphatic carbocycles. The van der Waals surface area contributed by atoms with Crippen LogP contribution in [0.2, 0.25) is 5.02 Å². The summed E-state index contributed by atoms with van der Waals surface area (Å²) < 4.78 is 6.17. The van der Waals surface area contributed by atoms with Crippen LogP contribution in [0.25, 0.3) is 10.2 Å². The van der Waals surface area contributed by atoms with E-state index in [0.29, 0.717) is 39.1 Å². The van der Waals surface area contributed by atoms with Crippen LogP contribution in [0.4, 0.5) is 10.8 Å². The molecule has 134 valence electrons. The van der Waals surface area contributed by atoms with Crippen LogP contribution in [0, 0.1) is 0 Å². The molecule has 26 heavy (non-hydrogen) atoms. The van der Waals surface area contributed by atoms with Gasteiger partial charge < -0.3 is 15.4 Å². The Morgan fingerprint density at radius 3 is 2.58 bits per heavy atom. The summed E-state index contributed by atoms with van der Waals surface area (Å²) in [5, 5.41) is 6.63. The zero-order valence-corrected chi connectivity index (χ0v) is 15.7. The van der Waals surface area contributed by atoms with Crippen molar-refractivity contribution in [2.45, 2.75) is 13.3 Å². The van der Waals surface area contributed by atoms with Crippen molar-refractivity contribution < 1.29 is 14.3 Å². The van der Waals surface area contributed by atoms with Crippen LogP contribution in [0.5, 0.6) is 5.75 Å². The number of carbonyl (C=O) groups excluding carboxylic acids is 2. The maximum atomic E-state index is 12.4. The average molecular weight is 390 g/mol. The quantitative estimate of drug-likeness (QED) is 0.670. The molecule has 0 aliphatic rings. The number of ether oxygens (including phenoxy) is 1. The Balaban J connectivity index is 1.90. The Labute approximate surface area is 159 Å². The van der Waals surface area contributed by atoms with Crippen molar-refractivity contribution in [2.24, 2.45) is 0 Å². The topological polar surface area (TPSA) is 80.3 Å². The van der Waals surface area contributed by atoms with Crippen LogP contribution in [0.3, 0.4) is 0 Å². The highest BCUT2D eigenvalue weighted by Gasteiger charge is 2.14. The summed E-state index contributed by atoms with van der Waals surface area (Å²) in [6.45, 7) is 1.77. The minimum atomic E-state index is -0.257. The van der Waals surface area contributed by atoms with Crippen LogP contribution < -0.4 is 15.4 Å². The number of fused-ring (bicyclic) bond motifs is 1. The van der Waals surface area contributed by atoms with E-state index in [2.05, 4.69) is 15.6 Å². The molecule has 3 aromatic rings. The lowest BCUT2D eigenvalue weighted by Gasteiger charge is -2.08. The number of nitrogens with zero attached hydrogens (tertiary/aromatic N) is 1. The molecule has 3 rings (SSSR count). The average Bonchev–Trinajstić information content (AvgIpc) is 3.03. The Morgan fingerprint density at radius 1 is 1.19 bits per heavy atom. The molecule has 8 heteroatoms. The van der Waals surface area contributed by atoms with Gasteiger partial charge in [0.1, 0.15) is 11.3 Å². The molecule has 0 fully saturated rings. The molecule has 1 heterocycles. The summed E-state index contributed by atoms with van der Waals surface area (Å²) in [6.07, 6.45) is 0.370. The molecule has 0 atom stereocenters. The fourth-order valence-electron chi connectivity index (χ4n) is 2.29. The Bertz CT molecular complexity index is 970. The Hall–Kier alpha value is -2.64. The molecule has 0 saturated carbocycles. The highest BCUT2D eigenvalue weighted by Crippen LogP contribution is 2.35. The van der Waals surface area contributed by atoms with Gasteiger partial charge in [-0.25, -0.2) is 4.98 Å². The number of halogens is 1. The third-order valence-electron chi connectivity index (χ3n) is 3.61. The van der Waals surface area contributed by atoms with Crippen LogP contribution in [0.15, 0.2) is 36.4 Å². The fourth-order valence-corrected chi connectivity index (χ4v) is 3.36. The molecular formula is C18H16ClN3O3S. The Morgan fingerprint density at radius 2 is 1.92 bits per heavy atom. The van der Waals surface area contributed by atoms with Gasteiger partial charge in [-0.15, -0.1) is 0 Å². The van der Waals surface area contributed by atoms with Crippen molar-refractivity contribution in [2.75, 3.05) is 17.7 Å². The highest BCUT2D eigenvalue weighted by atomic mass is 35.5. The molecule has 0 spiro atoms. The number of hydrogen-bond donors (Lipinski definition) is 2. The SMILES string of the molecule is CCC(=O)Nc1nc2c(OC)cc(NC(=O)c3ccc(Cl)cc3)cc2s1. The number of hydrogen-bond acceptors (Lipinski definition) is 5. The van der Waals surface area contributed by atoms with E-state index in [9.17, 15) is 9.59 Å². The number of thiazole rings is 1. The normalized spacial score (nSPS) is 10.6. The summed E-state index contributed by atoms with van der Waals surface area (Å²) in [7, 11) is 1.53. The lowest BCUT2D eigenvalue weighted by atomic mass is 10.2. The van der Waals surface area contributed by atoms with Crippen LogP contribution in [-0.4, -0.2) is 23.9 Å². The molecule has 6 nitrogen and oxygen atoms in total. The summed E-state index contributed by atoms with van der Waals surface area (Å²) in [5.74, 6) is 0.147. The lowest BCUT2D eigenvalue weighted by Crippen LogP contribution is -2.11. The van der Waals surface area contributed by atoms with Crippen molar-refractivity contribution in [1.29, 1.82) is 0 Å². The van der Waals surface area contributed by atoms with E-state index < -0.39 is 0 Å². The van der Waals surface area contributed by atoms with E-state index in [4.69, 9.17) is 16.3 Å². The maximum absolute atomic E-state index is 12.4. The number of methoxy groups -OCH3 is 1. The second-order valence-corrected chi connectivity index (χ2v) is 6.87. The molecule has 0 saturated heterocycles. The highest BCUT2D eigenvalue weighted by molar-refractivity contribution is 7.22. The molecule has 0 unspecified atom stereocenters. The molecule has 2 amide bonds. The summed E-state index contributed by atoms with van der Waals surface area (Å²) in [6, 6.07) is 10.1. The van der Waals surface area contributed by atoms with Gasteiger partial charge in [0.2, 0.25) is 5.91 Å². The van der Waals surface area contributed by atoms with Crippen LogP contribution in [0.1, 0.15) is 23.7 Å². The lowest BCUT2D eigenvalue weighted by molar-refractivity contribution is -0.115. The zero-order chi connectivity index (χ0) is 18.7. The van der Waals surface area contributed by atoms with Crippen molar-refractivity contribution >= 4 is 55.8 Å². The largest absolute Gasteiger partial charge is 0.494 e. The van der Waals surface area contributed by atoms with Gasteiger partial charge >= 0.3 is 0 Å². The van der Waals surface area contributed by atoms with Crippen LogP contribution in [-0.2, 0) is 4.79 Å². The predicted octanol–water partition coefficient (Wildman–Crippen LogP) is 4.56. The van der Waals surface area contributed by atoms with Gasteiger partial charge in [0.05, 0.1) is 11.8 Å². The van der Waals surface area contributed by atoms with Gasteiger partial charge in [-0.1, -0.05) is 29.9 Å². The number of nitrogens with one attached hydrogen (secondary N) is 2. The zero-order valence-electron chi connectivity index (χ0n) is 14.1. The van der Waals surface area contributed by atoms with Gasteiger partial charge in [0.25, 0.3) is 5.91 Å². The van der Waals surface area contributed by atoms with E-state index in [0.717, 1.165) is 4.70 Å². The molecule has 0 radical (unpaired) electrons. The molecule has 0 aliphatic heterocycles. The third kappa shape index (κ3) is 3.95. The second kappa shape index (κ2) is 7.72. The van der Waals surface area contributed by atoms with E-state index in [1.807, 2.05) is 0 Å². The summed E-state index contributed by atoms with van der Waals surface area (Å²) in [5.41, 5.74) is 1.70. The number of aromatic nitrogens is 1. The molecule has 1 aromatic heterocycles. The monoisotopic (exact) mass is 389 g/mol. The minimum Gasteiger partial charge on any atom is -0.494 e. The van der Waals surface area contributed by atoms with E-state index in [-0.39, 0.29) is 11.8 Å². The molecule has 0 bridgehead atoms. The predicted molar refractivity (Wildman–Crippen MR) is 104 cm³/mol. The van der Waals surface area contributed by atoms with E-state index in [1.54, 1.807) is 43.3 Å². The molecule has 2 aromatic carbocycles. The van der Waals surface area contributed by atoms with Gasteiger partial charge in [0, 0.05) is 28.8 Å². The maximum Gasteiger partial charge on any atom is 0.255 e. The summed E-state index contributed by atoms with van der Waals surface area (Å²) in [4.78, 5) is 28.3. The van der Waals surface area contributed by atoms with Crippen molar-refractivity contribution in [1.82, 2.24) is 4.98 Å². The summed E-state index contributed by atoms with van der Waals surface area (Å²) >= 11 is 7.16. The van der Waals surface area contributed by atoms with Gasteiger partial charge in [-0.2, -0.15) is 0 Å². The minimum absolute atomic E-state index is 0.112. The van der Waals surface area contributed by atoms with Gasteiger partial charge in [-0.05, 0) is 30.3 Å².